The molecule has 1 fully saturated rings. The van der Waals surface area contributed by atoms with Gasteiger partial charge >= 0.3 is 0 Å². The van der Waals surface area contributed by atoms with Gasteiger partial charge in [0, 0.05) is 6.07 Å². The molecule has 1 aliphatic rings. The Morgan fingerprint density at radius 1 is 1.32 bits per heavy atom. The number of carbonyl (C=O) groups excluding carboxylic acids is 1. The number of benzene rings is 1. The first kappa shape index (κ1) is 13.9. The molecule has 104 valence electrons. The van der Waals surface area contributed by atoms with Gasteiger partial charge in [0.25, 0.3) is 0 Å². The van der Waals surface area contributed by atoms with Crippen LogP contribution in [0.3, 0.4) is 0 Å². The fourth-order valence-electron chi connectivity index (χ4n) is 2.52. The van der Waals surface area contributed by atoms with E-state index in [0.717, 1.165) is 31.8 Å². The van der Waals surface area contributed by atoms with E-state index < -0.39 is 0 Å². The number of phenols is 2. The van der Waals surface area contributed by atoms with Crippen molar-refractivity contribution < 1.29 is 15.0 Å². The van der Waals surface area contributed by atoms with Crippen molar-refractivity contribution in [1.82, 2.24) is 4.90 Å². The van der Waals surface area contributed by atoms with Gasteiger partial charge in [-0.3, -0.25) is 9.69 Å². The van der Waals surface area contributed by atoms with Gasteiger partial charge in [0.05, 0.1) is 12.1 Å². The standard InChI is InChI=1S/C15H21NO3/c1-11-3-2-7-16(8-6-11)10-15(19)13-5-4-12(17)9-14(13)18/h4-5,9,11,17-18H,2-3,6-8,10H2,1H3. The Kier molecular flexibility index (Phi) is 4.43. The number of aromatic hydroxyl groups is 2. The summed E-state index contributed by atoms with van der Waals surface area (Å²) in [7, 11) is 0. The quantitative estimate of drug-likeness (QED) is 0.822. The van der Waals surface area contributed by atoms with E-state index in [4.69, 9.17) is 0 Å². The molecule has 0 radical (unpaired) electrons. The van der Waals surface area contributed by atoms with Crippen LogP contribution in [0.15, 0.2) is 18.2 Å². The van der Waals surface area contributed by atoms with Crippen LogP contribution in [-0.2, 0) is 0 Å². The van der Waals surface area contributed by atoms with Crippen LogP contribution in [-0.4, -0.2) is 40.5 Å². The first-order chi connectivity index (χ1) is 9.06. The van der Waals surface area contributed by atoms with Crippen LogP contribution in [0.5, 0.6) is 11.5 Å². The van der Waals surface area contributed by atoms with Crippen LogP contribution in [0.2, 0.25) is 0 Å². The summed E-state index contributed by atoms with van der Waals surface area (Å²) in [5.41, 5.74) is 0.287. The highest BCUT2D eigenvalue weighted by atomic mass is 16.3. The molecule has 1 aliphatic heterocycles. The third-order valence-corrected chi connectivity index (χ3v) is 3.76. The van der Waals surface area contributed by atoms with Crippen molar-refractivity contribution in [1.29, 1.82) is 0 Å². The molecule has 19 heavy (non-hydrogen) atoms. The number of hydrogen-bond acceptors (Lipinski definition) is 4. The summed E-state index contributed by atoms with van der Waals surface area (Å²) in [4.78, 5) is 14.3. The lowest BCUT2D eigenvalue weighted by atomic mass is 10.0. The first-order valence-corrected chi connectivity index (χ1v) is 6.84. The molecule has 0 amide bonds. The maximum atomic E-state index is 12.2. The zero-order valence-corrected chi connectivity index (χ0v) is 11.3. The van der Waals surface area contributed by atoms with E-state index in [0.29, 0.717) is 6.54 Å². The van der Waals surface area contributed by atoms with Gasteiger partial charge in [-0.1, -0.05) is 6.92 Å². The molecule has 1 aromatic rings. The van der Waals surface area contributed by atoms with Gasteiger partial charge in [0.1, 0.15) is 11.5 Å². The van der Waals surface area contributed by atoms with Crippen molar-refractivity contribution in [2.75, 3.05) is 19.6 Å². The third kappa shape index (κ3) is 3.70. The fourth-order valence-corrected chi connectivity index (χ4v) is 2.52. The van der Waals surface area contributed by atoms with Crippen molar-refractivity contribution in [3.05, 3.63) is 23.8 Å². The number of likely N-dealkylation sites (tertiary alicyclic amines) is 1. The number of Topliss-reactive ketones (excluding diaryl/α,β-unsaturated/α-hetero) is 1. The van der Waals surface area contributed by atoms with Gasteiger partial charge in [0.2, 0.25) is 0 Å². The Labute approximate surface area is 113 Å². The number of ketones is 1. The Bertz CT molecular complexity index is 459. The highest BCUT2D eigenvalue weighted by molar-refractivity contribution is 6.00. The fraction of sp³-hybridized carbons (Fsp3) is 0.533. The average molecular weight is 263 g/mol. The summed E-state index contributed by atoms with van der Waals surface area (Å²) in [6.45, 7) is 4.46. The summed E-state index contributed by atoms with van der Waals surface area (Å²) >= 11 is 0. The lowest BCUT2D eigenvalue weighted by Gasteiger charge is -2.19. The van der Waals surface area contributed by atoms with Gasteiger partial charge < -0.3 is 10.2 Å². The molecular weight excluding hydrogens is 242 g/mol. The highest BCUT2D eigenvalue weighted by Crippen LogP contribution is 2.23. The van der Waals surface area contributed by atoms with Crippen molar-refractivity contribution in [2.45, 2.75) is 26.2 Å². The van der Waals surface area contributed by atoms with Crippen LogP contribution in [0.4, 0.5) is 0 Å². The topological polar surface area (TPSA) is 60.8 Å². The summed E-state index contributed by atoms with van der Waals surface area (Å²) in [6, 6.07) is 4.11. The van der Waals surface area contributed by atoms with Crippen LogP contribution >= 0.6 is 0 Å². The zero-order chi connectivity index (χ0) is 13.8. The predicted octanol–water partition coefficient (Wildman–Crippen LogP) is 2.40. The van der Waals surface area contributed by atoms with Crippen LogP contribution in [0, 0.1) is 5.92 Å². The minimum atomic E-state index is -0.145. The van der Waals surface area contributed by atoms with Gasteiger partial charge in [-0.15, -0.1) is 0 Å². The summed E-state index contributed by atoms with van der Waals surface area (Å²) in [6.07, 6.45) is 3.46. The number of carbonyl (C=O) groups is 1. The molecular formula is C15H21NO3. The van der Waals surface area contributed by atoms with Crippen LogP contribution < -0.4 is 0 Å². The van der Waals surface area contributed by atoms with Crippen molar-refractivity contribution >= 4 is 5.78 Å². The summed E-state index contributed by atoms with van der Waals surface area (Å²) < 4.78 is 0. The van der Waals surface area contributed by atoms with E-state index in [-0.39, 0.29) is 22.8 Å². The molecule has 4 heteroatoms. The van der Waals surface area contributed by atoms with Gasteiger partial charge in [-0.05, 0) is 50.4 Å². The number of phenolic OH excluding ortho intramolecular Hbond substituents is 2. The molecule has 0 aromatic heterocycles. The highest BCUT2D eigenvalue weighted by Gasteiger charge is 2.18. The van der Waals surface area contributed by atoms with E-state index in [2.05, 4.69) is 11.8 Å². The van der Waals surface area contributed by atoms with E-state index in [9.17, 15) is 15.0 Å². The van der Waals surface area contributed by atoms with E-state index in [1.165, 1.54) is 24.6 Å². The van der Waals surface area contributed by atoms with E-state index >= 15 is 0 Å². The predicted molar refractivity (Wildman–Crippen MR) is 73.6 cm³/mol. The van der Waals surface area contributed by atoms with Crippen LogP contribution in [0.25, 0.3) is 0 Å². The molecule has 2 rings (SSSR count). The average Bonchev–Trinajstić information content (AvgIpc) is 2.54. The largest absolute Gasteiger partial charge is 0.508 e. The van der Waals surface area contributed by atoms with E-state index in [1.54, 1.807) is 0 Å². The van der Waals surface area contributed by atoms with Crippen LogP contribution in [0.1, 0.15) is 36.5 Å². The summed E-state index contributed by atoms with van der Waals surface area (Å²) in [5, 5.41) is 18.9. The van der Waals surface area contributed by atoms with Gasteiger partial charge in [-0.25, -0.2) is 0 Å². The minimum absolute atomic E-state index is 0.0300. The number of hydrogen-bond donors (Lipinski definition) is 2. The maximum Gasteiger partial charge on any atom is 0.180 e. The maximum absolute atomic E-state index is 12.2. The molecule has 4 nitrogen and oxygen atoms in total. The monoisotopic (exact) mass is 263 g/mol. The smallest absolute Gasteiger partial charge is 0.180 e. The molecule has 1 heterocycles. The molecule has 0 saturated carbocycles. The van der Waals surface area contributed by atoms with Crippen molar-refractivity contribution in [3.8, 4) is 11.5 Å². The Hall–Kier alpha value is -1.55. The molecule has 0 spiro atoms. The molecule has 0 aliphatic carbocycles. The van der Waals surface area contributed by atoms with Crippen molar-refractivity contribution in [2.24, 2.45) is 5.92 Å². The SMILES string of the molecule is CC1CCCN(CC(=O)c2ccc(O)cc2O)CC1. The molecule has 1 saturated heterocycles. The molecule has 1 atom stereocenters. The molecule has 1 unspecified atom stereocenters. The Morgan fingerprint density at radius 2 is 2.11 bits per heavy atom. The Morgan fingerprint density at radius 3 is 2.84 bits per heavy atom. The van der Waals surface area contributed by atoms with Crippen molar-refractivity contribution in [3.63, 3.8) is 0 Å². The molecule has 2 N–H and O–H groups in total. The van der Waals surface area contributed by atoms with Gasteiger partial charge in [0.15, 0.2) is 5.78 Å². The minimum Gasteiger partial charge on any atom is -0.508 e. The Balaban J connectivity index is 2.00. The lowest BCUT2D eigenvalue weighted by molar-refractivity contribution is 0.0929. The van der Waals surface area contributed by atoms with E-state index in [1.807, 2.05) is 0 Å². The molecule has 1 aromatic carbocycles. The second-order valence-electron chi connectivity index (χ2n) is 5.44. The summed E-state index contributed by atoms with van der Waals surface area (Å²) in [5.74, 6) is 0.458. The lowest BCUT2D eigenvalue weighted by Crippen LogP contribution is -2.31. The second-order valence-corrected chi connectivity index (χ2v) is 5.44. The number of rotatable bonds is 3. The number of nitrogens with zero attached hydrogens (tertiary/aromatic N) is 1. The third-order valence-electron chi connectivity index (χ3n) is 3.76. The first-order valence-electron chi connectivity index (χ1n) is 6.84. The second kappa shape index (κ2) is 6.06. The zero-order valence-electron chi connectivity index (χ0n) is 11.3. The van der Waals surface area contributed by atoms with Gasteiger partial charge in [-0.2, -0.15) is 0 Å². The molecule has 0 bridgehead atoms. The normalized spacial score (nSPS) is 21.0.